The Bertz CT molecular complexity index is 502. The number of amides is 2. The van der Waals surface area contributed by atoms with E-state index in [9.17, 15) is 9.59 Å². The van der Waals surface area contributed by atoms with Gasteiger partial charge >= 0.3 is 0 Å². The molecule has 0 aromatic heterocycles. The van der Waals surface area contributed by atoms with Gasteiger partial charge in [-0.1, -0.05) is 15.9 Å². The first-order valence-electron chi connectivity index (χ1n) is 6.79. The van der Waals surface area contributed by atoms with Gasteiger partial charge in [-0.2, -0.15) is 0 Å². The Balaban J connectivity index is 1.94. The lowest BCUT2D eigenvalue weighted by molar-refractivity contribution is -0.132. The maximum absolute atomic E-state index is 12.2. The molecule has 0 radical (unpaired) electrons. The van der Waals surface area contributed by atoms with Gasteiger partial charge in [-0.25, -0.2) is 0 Å². The van der Waals surface area contributed by atoms with E-state index in [-0.39, 0.29) is 17.7 Å². The number of carbonyl (C=O) groups is 2. The summed E-state index contributed by atoms with van der Waals surface area (Å²) in [6.07, 6.45) is 1.47. The fraction of sp³-hybridized carbons (Fsp3) is 0.467. The lowest BCUT2D eigenvalue weighted by Gasteiger charge is -2.30. The van der Waals surface area contributed by atoms with Gasteiger partial charge in [-0.05, 0) is 43.5 Å². The summed E-state index contributed by atoms with van der Waals surface area (Å²) in [6.45, 7) is 4.91. The standard InChI is InChI=1S/C15H19BrN2O2/c1-10-7-13(16)9-14(8-10)17-15(20)12-3-5-18(6-4-12)11(2)19/h7-9,12H,3-6H2,1-2H3,(H,17,20). The summed E-state index contributed by atoms with van der Waals surface area (Å²) >= 11 is 3.43. The van der Waals surface area contributed by atoms with E-state index >= 15 is 0 Å². The van der Waals surface area contributed by atoms with Crippen molar-refractivity contribution in [3.05, 3.63) is 28.2 Å². The minimum absolute atomic E-state index is 0.00936. The molecule has 1 aliphatic rings. The smallest absolute Gasteiger partial charge is 0.227 e. The van der Waals surface area contributed by atoms with Crippen LogP contribution in [0.25, 0.3) is 0 Å². The number of carbonyl (C=O) groups excluding carboxylic acids is 2. The van der Waals surface area contributed by atoms with Crippen molar-refractivity contribution in [2.75, 3.05) is 18.4 Å². The van der Waals surface area contributed by atoms with E-state index in [0.29, 0.717) is 13.1 Å². The maximum Gasteiger partial charge on any atom is 0.227 e. The minimum Gasteiger partial charge on any atom is -0.343 e. The fourth-order valence-electron chi connectivity index (χ4n) is 2.51. The summed E-state index contributed by atoms with van der Waals surface area (Å²) in [4.78, 5) is 25.3. The number of anilines is 1. The van der Waals surface area contributed by atoms with Gasteiger partial charge in [0.25, 0.3) is 0 Å². The molecule has 1 fully saturated rings. The summed E-state index contributed by atoms with van der Waals surface area (Å²) in [5.74, 6) is 0.127. The number of hydrogen-bond donors (Lipinski definition) is 1. The maximum atomic E-state index is 12.2. The van der Waals surface area contributed by atoms with Crippen molar-refractivity contribution < 1.29 is 9.59 Å². The molecule has 0 unspecified atom stereocenters. The second-order valence-electron chi connectivity index (χ2n) is 5.29. The molecule has 1 heterocycles. The van der Waals surface area contributed by atoms with E-state index in [1.165, 1.54) is 0 Å². The molecular weight excluding hydrogens is 320 g/mol. The van der Waals surface area contributed by atoms with Gasteiger partial charge in [0, 0.05) is 36.1 Å². The highest BCUT2D eigenvalue weighted by Crippen LogP contribution is 2.22. The van der Waals surface area contributed by atoms with Crippen molar-refractivity contribution >= 4 is 33.4 Å². The molecule has 4 nitrogen and oxygen atoms in total. The van der Waals surface area contributed by atoms with Crippen LogP contribution in [0.2, 0.25) is 0 Å². The molecule has 1 aromatic rings. The summed E-state index contributed by atoms with van der Waals surface area (Å²) < 4.78 is 0.958. The number of nitrogens with one attached hydrogen (secondary N) is 1. The lowest BCUT2D eigenvalue weighted by Crippen LogP contribution is -2.40. The van der Waals surface area contributed by atoms with E-state index < -0.39 is 0 Å². The van der Waals surface area contributed by atoms with E-state index in [4.69, 9.17) is 0 Å². The quantitative estimate of drug-likeness (QED) is 0.901. The second-order valence-corrected chi connectivity index (χ2v) is 6.20. The summed E-state index contributed by atoms with van der Waals surface area (Å²) in [5.41, 5.74) is 1.91. The Hall–Kier alpha value is -1.36. The Kier molecular flexibility index (Phi) is 4.81. The molecule has 0 spiro atoms. The van der Waals surface area contributed by atoms with Gasteiger partial charge in [-0.3, -0.25) is 9.59 Å². The van der Waals surface area contributed by atoms with E-state index in [0.717, 1.165) is 28.6 Å². The van der Waals surface area contributed by atoms with Gasteiger partial charge in [-0.15, -0.1) is 0 Å². The van der Waals surface area contributed by atoms with Crippen LogP contribution < -0.4 is 5.32 Å². The monoisotopic (exact) mass is 338 g/mol. The minimum atomic E-state index is -0.00936. The van der Waals surface area contributed by atoms with Crippen molar-refractivity contribution in [3.63, 3.8) is 0 Å². The SMILES string of the molecule is CC(=O)N1CCC(C(=O)Nc2cc(C)cc(Br)c2)CC1. The molecule has 0 aliphatic carbocycles. The predicted molar refractivity (Wildman–Crippen MR) is 82.5 cm³/mol. The van der Waals surface area contributed by atoms with Gasteiger partial charge in [0.05, 0.1) is 0 Å². The van der Waals surface area contributed by atoms with Crippen molar-refractivity contribution in [2.45, 2.75) is 26.7 Å². The molecule has 1 aliphatic heterocycles. The van der Waals surface area contributed by atoms with E-state index in [2.05, 4.69) is 21.2 Å². The zero-order valence-electron chi connectivity index (χ0n) is 11.8. The third-order valence-electron chi connectivity index (χ3n) is 3.62. The average Bonchev–Trinajstić information content (AvgIpc) is 2.37. The van der Waals surface area contributed by atoms with Crippen LogP contribution in [0.5, 0.6) is 0 Å². The lowest BCUT2D eigenvalue weighted by atomic mass is 9.96. The highest BCUT2D eigenvalue weighted by Gasteiger charge is 2.26. The molecule has 2 rings (SSSR count). The molecule has 108 valence electrons. The third kappa shape index (κ3) is 3.82. The molecular formula is C15H19BrN2O2. The van der Waals surface area contributed by atoms with Gasteiger partial charge in [0.15, 0.2) is 0 Å². The van der Waals surface area contributed by atoms with Crippen LogP contribution in [-0.2, 0) is 9.59 Å². The first-order chi connectivity index (χ1) is 9.45. The van der Waals surface area contributed by atoms with Crippen molar-refractivity contribution in [1.82, 2.24) is 4.90 Å². The molecule has 1 saturated heterocycles. The number of likely N-dealkylation sites (tertiary alicyclic amines) is 1. The number of hydrogen-bond acceptors (Lipinski definition) is 2. The van der Waals surface area contributed by atoms with Gasteiger partial charge < -0.3 is 10.2 Å². The number of benzene rings is 1. The average molecular weight is 339 g/mol. The second kappa shape index (κ2) is 6.39. The van der Waals surface area contributed by atoms with E-state index in [1.807, 2.05) is 25.1 Å². The van der Waals surface area contributed by atoms with Gasteiger partial charge in [0.2, 0.25) is 11.8 Å². The molecule has 1 N–H and O–H groups in total. The summed E-state index contributed by atoms with van der Waals surface area (Å²) in [5, 5.41) is 2.96. The van der Waals surface area contributed by atoms with E-state index in [1.54, 1.807) is 11.8 Å². The van der Waals surface area contributed by atoms with Crippen LogP contribution in [0.15, 0.2) is 22.7 Å². The summed E-state index contributed by atoms with van der Waals surface area (Å²) in [7, 11) is 0. The largest absolute Gasteiger partial charge is 0.343 e. The predicted octanol–water partition coefficient (Wildman–Crippen LogP) is 2.95. The number of halogens is 1. The Morgan fingerprint density at radius 2 is 1.90 bits per heavy atom. The highest BCUT2D eigenvalue weighted by atomic mass is 79.9. The molecule has 2 amide bonds. The number of aryl methyl sites for hydroxylation is 1. The third-order valence-corrected chi connectivity index (χ3v) is 4.08. The number of rotatable bonds is 2. The first-order valence-corrected chi connectivity index (χ1v) is 7.58. The first kappa shape index (κ1) is 15.0. The van der Waals surface area contributed by atoms with Crippen LogP contribution >= 0.6 is 15.9 Å². The molecule has 1 aromatic carbocycles. The van der Waals surface area contributed by atoms with Crippen LogP contribution in [0.1, 0.15) is 25.3 Å². The number of piperidine rings is 1. The fourth-order valence-corrected chi connectivity index (χ4v) is 3.12. The van der Waals surface area contributed by atoms with Crippen molar-refractivity contribution in [1.29, 1.82) is 0 Å². The Morgan fingerprint density at radius 3 is 2.45 bits per heavy atom. The molecule has 20 heavy (non-hydrogen) atoms. The van der Waals surface area contributed by atoms with Crippen LogP contribution in [0.4, 0.5) is 5.69 Å². The van der Waals surface area contributed by atoms with Crippen LogP contribution in [0, 0.1) is 12.8 Å². The molecule has 0 saturated carbocycles. The summed E-state index contributed by atoms with van der Waals surface area (Å²) in [6, 6.07) is 5.85. The molecule has 0 atom stereocenters. The molecule has 5 heteroatoms. The van der Waals surface area contributed by atoms with Crippen molar-refractivity contribution in [3.8, 4) is 0 Å². The molecule has 0 bridgehead atoms. The van der Waals surface area contributed by atoms with Crippen LogP contribution in [-0.4, -0.2) is 29.8 Å². The normalized spacial score (nSPS) is 16.1. The topological polar surface area (TPSA) is 49.4 Å². The zero-order valence-corrected chi connectivity index (χ0v) is 13.4. The Labute approximate surface area is 127 Å². The van der Waals surface area contributed by atoms with Gasteiger partial charge in [0.1, 0.15) is 0 Å². The highest BCUT2D eigenvalue weighted by molar-refractivity contribution is 9.10. The number of nitrogens with zero attached hydrogens (tertiary/aromatic N) is 1. The van der Waals surface area contributed by atoms with Crippen LogP contribution in [0.3, 0.4) is 0 Å². The van der Waals surface area contributed by atoms with Crippen molar-refractivity contribution in [2.24, 2.45) is 5.92 Å². The Morgan fingerprint density at radius 1 is 1.25 bits per heavy atom. The zero-order chi connectivity index (χ0) is 14.7.